The molecule has 140 valence electrons. The zero-order valence-corrected chi connectivity index (χ0v) is 15.5. The topological polar surface area (TPSA) is 74.5 Å². The highest BCUT2D eigenvalue weighted by molar-refractivity contribution is 5.99. The van der Waals surface area contributed by atoms with Crippen LogP contribution < -0.4 is 9.88 Å². The molecule has 0 saturated heterocycles. The highest BCUT2D eigenvalue weighted by Crippen LogP contribution is 2.25. The van der Waals surface area contributed by atoms with E-state index in [1.807, 2.05) is 67.0 Å². The molecule has 0 fully saturated rings. The number of H-pyrrole nitrogens is 1. The van der Waals surface area contributed by atoms with Crippen LogP contribution in [0, 0.1) is 0 Å². The third-order valence-electron chi connectivity index (χ3n) is 4.63. The molecule has 0 aliphatic heterocycles. The van der Waals surface area contributed by atoms with Gasteiger partial charge < -0.3 is 5.32 Å². The van der Waals surface area contributed by atoms with Crippen LogP contribution >= 0.6 is 0 Å². The molecule has 28 heavy (non-hydrogen) atoms. The normalized spacial score (nSPS) is 10.9. The third kappa shape index (κ3) is 4.23. The Hall–Kier alpha value is -3.54. The molecule has 0 radical (unpaired) electrons. The maximum Gasteiger partial charge on any atom is 0.225 e. The second-order valence-corrected chi connectivity index (χ2v) is 6.68. The number of fused-ring (bicyclic) bond motifs is 1. The largest absolute Gasteiger partial charge is 0.311 e. The van der Waals surface area contributed by atoms with Crippen molar-refractivity contribution in [1.29, 1.82) is 0 Å². The number of hydrogen-bond donors (Lipinski definition) is 2. The molecule has 0 unspecified atom stereocenters. The van der Waals surface area contributed by atoms with E-state index in [4.69, 9.17) is 0 Å². The van der Waals surface area contributed by atoms with E-state index >= 15 is 0 Å². The molecule has 6 heteroatoms. The Bertz CT molecular complexity index is 1060. The molecule has 0 atom stereocenters. The number of hydrogen-bond acceptors (Lipinski definition) is 3. The molecule has 1 aromatic carbocycles. The Morgan fingerprint density at radius 1 is 1.00 bits per heavy atom. The molecule has 3 aromatic heterocycles. The monoisotopic (exact) mass is 372 g/mol. The minimum absolute atomic E-state index is 0.0197. The fourth-order valence-electron chi connectivity index (χ4n) is 3.15. The van der Waals surface area contributed by atoms with Gasteiger partial charge in [0.05, 0.1) is 5.39 Å². The fourth-order valence-corrected chi connectivity index (χ4v) is 3.15. The van der Waals surface area contributed by atoms with E-state index in [1.165, 1.54) is 0 Å². The summed E-state index contributed by atoms with van der Waals surface area (Å²) in [5.41, 5.74) is 2.66. The Labute approximate surface area is 163 Å². The maximum absolute atomic E-state index is 12.3. The van der Waals surface area contributed by atoms with Crippen LogP contribution in [0.4, 0.5) is 5.82 Å². The average Bonchev–Trinajstić information content (AvgIpc) is 3.14. The van der Waals surface area contributed by atoms with Crippen molar-refractivity contribution < 1.29 is 9.36 Å². The minimum atomic E-state index is -0.0197. The summed E-state index contributed by atoms with van der Waals surface area (Å²) in [4.78, 5) is 16.7. The van der Waals surface area contributed by atoms with Gasteiger partial charge in [0.1, 0.15) is 12.4 Å². The number of carbonyl (C=O) groups excluding carboxylic acids is 1. The van der Waals surface area contributed by atoms with Gasteiger partial charge in [-0.1, -0.05) is 36.4 Å². The zero-order chi connectivity index (χ0) is 19.2. The summed E-state index contributed by atoms with van der Waals surface area (Å²) in [6.45, 7) is 0.908. The Kier molecular flexibility index (Phi) is 5.38. The number of unbranched alkanes of at least 4 members (excludes halogenated alkanes) is 1. The van der Waals surface area contributed by atoms with Gasteiger partial charge in [-0.2, -0.15) is 5.10 Å². The van der Waals surface area contributed by atoms with Crippen LogP contribution in [0.1, 0.15) is 19.3 Å². The highest BCUT2D eigenvalue weighted by Gasteiger charge is 2.11. The predicted molar refractivity (Wildman–Crippen MR) is 108 cm³/mol. The van der Waals surface area contributed by atoms with Gasteiger partial charge >= 0.3 is 0 Å². The summed E-state index contributed by atoms with van der Waals surface area (Å²) in [6.07, 6.45) is 8.12. The van der Waals surface area contributed by atoms with E-state index < -0.39 is 0 Å². The van der Waals surface area contributed by atoms with Crippen LogP contribution in [0.3, 0.4) is 0 Å². The van der Waals surface area contributed by atoms with Gasteiger partial charge in [0, 0.05) is 36.7 Å². The van der Waals surface area contributed by atoms with Gasteiger partial charge in [-0.3, -0.25) is 9.89 Å². The Morgan fingerprint density at radius 2 is 1.79 bits per heavy atom. The zero-order valence-electron chi connectivity index (χ0n) is 15.5. The van der Waals surface area contributed by atoms with Crippen molar-refractivity contribution >= 4 is 22.8 Å². The van der Waals surface area contributed by atoms with Gasteiger partial charge in [-0.25, -0.2) is 9.55 Å². The molecule has 4 rings (SSSR count). The SMILES string of the molecule is O=C(CCCC[n+]1ccccc1)Nc1[nH]nc2ncc(-c3ccccc3)cc12. The second kappa shape index (κ2) is 8.43. The van der Waals surface area contributed by atoms with Crippen molar-refractivity contribution in [3.63, 3.8) is 0 Å². The number of amides is 1. The first-order valence-corrected chi connectivity index (χ1v) is 9.43. The van der Waals surface area contributed by atoms with Crippen LogP contribution in [0.15, 0.2) is 73.2 Å². The average molecular weight is 372 g/mol. The van der Waals surface area contributed by atoms with E-state index in [2.05, 4.69) is 25.1 Å². The van der Waals surface area contributed by atoms with E-state index in [0.29, 0.717) is 17.9 Å². The molecule has 1 amide bonds. The molecule has 3 heterocycles. The summed E-state index contributed by atoms with van der Waals surface area (Å²) in [5.74, 6) is 0.580. The number of nitrogens with one attached hydrogen (secondary N) is 2. The number of rotatable bonds is 7. The van der Waals surface area contributed by atoms with Gasteiger partial charge in [-0.05, 0) is 18.1 Å². The second-order valence-electron chi connectivity index (χ2n) is 6.68. The summed E-state index contributed by atoms with van der Waals surface area (Å²) in [7, 11) is 0. The van der Waals surface area contributed by atoms with Crippen LogP contribution in [-0.4, -0.2) is 21.1 Å². The number of benzene rings is 1. The molecular formula is C22H22N5O+. The fraction of sp³-hybridized carbons (Fsp3) is 0.182. The van der Waals surface area contributed by atoms with Crippen molar-refractivity contribution in [3.8, 4) is 11.1 Å². The first-order valence-electron chi connectivity index (χ1n) is 9.43. The van der Waals surface area contributed by atoms with Crippen LogP contribution in [0.5, 0.6) is 0 Å². The molecule has 0 aliphatic rings. The molecule has 2 N–H and O–H groups in total. The lowest BCUT2D eigenvalue weighted by Gasteiger charge is -2.04. The van der Waals surface area contributed by atoms with Crippen molar-refractivity contribution in [3.05, 3.63) is 73.2 Å². The number of pyridine rings is 2. The summed E-state index contributed by atoms with van der Waals surface area (Å²) < 4.78 is 2.12. The van der Waals surface area contributed by atoms with E-state index in [9.17, 15) is 4.79 Å². The number of anilines is 1. The standard InChI is InChI=1S/C22H21N5O/c28-20(11-5-8-14-27-12-6-2-7-13-27)24-22-19-15-18(16-23-21(19)25-26-22)17-9-3-1-4-10-17/h1-4,6-7,9-10,12-13,15-16H,5,8,11,14H2,(H-,23,24,25,26,28)/p+1. The lowest BCUT2D eigenvalue weighted by molar-refractivity contribution is -0.697. The third-order valence-corrected chi connectivity index (χ3v) is 4.63. The summed E-state index contributed by atoms with van der Waals surface area (Å²) in [5, 5.41) is 10.8. The lowest BCUT2D eigenvalue weighted by Crippen LogP contribution is -2.32. The number of aromatic amines is 1. The number of nitrogens with zero attached hydrogens (tertiary/aromatic N) is 3. The summed E-state index contributed by atoms with van der Waals surface area (Å²) >= 11 is 0. The molecule has 0 aliphatic carbocycles. The Morgan fingerprint density at radius 3 is 2.61 bits per heavy atom. The molecule has 4 aromatic rings. The van der Waals surface area contributed by atoms with Gasteiger partial charge in [0.15, 0.2) is 18.0 Å². The lowest BCUT2D eigenvalue weighted by atomic mass is 10.1. The molecule has 0 saturated carbocycles. The molecular weight excluding hydrogens is 350 g/mol. The van der Waals surface area contributed by atoms with E-state index in [0.717, 1.165) is 35.9 Å². The molecule has 0 bridgehead atoms. The van der Waals surface area contributed by atoms with Crippen molar-refractivity contribution in [1.82, 2.24) is 15.2 Å². The smallest absolute Gasteiger partial charge is 0.225 e. The van der Waals surface area contributed by atoms with Gasteiger partial charge in [0.25, 0.3) is 0 Å². The maximum atomic E-state index is 12.3. The van der Waals surface area contributed by atoms with Crippen molar-refractivity contribution in [2.45, 2.75) is 25.8 Å². The number of aromatic nitrogens is 4. The minimum Gasteiger partial charge on any atom is -0.311 e. The number of carbonyl (C=O) groups is 1. The van der Waals surface area contributed by atoms with E-state index in [1.54, 1.807) is 6.20 Å². The predicted octanol–water partition coefficient (Wildman–Crippen LogP) is 3.72. The van der Waals surface area contributed by atoms with Gasteiger partial charge in [0.2, 0.25) is 5.91 Å². The molecule has 6 nitrogen and oxygen atoms in total. The highest BCUT2D eigenvalue weighted by atomic mass is 16.1. The van der Waals surface area contributed by atoms with Crippen molar-refractivity contribution in [2.24, 2.45) is 0 Å². The quantitative estimate of drug-likeness (QED) is 0.383. The molecule has 0 spiro atoms. The van der Waals surface area contributed by atoms with Gasteiger partial charge in [-0.15, -0.1) is 0 Å². The summed E-state index contributed by atoms with van der Waals surface area (Å²) in [6, 6.07) is 18.0. The van der Waals surface area contributed by atoms with Crippen LogP contribution in [0.2, 0.25) is 0 Å². The first kappa shape index (κ1) is 17.9. The number of aryl methyl sites for hydroxylation is 1. The van der Waals surface area contributed by atoms with Crippen LogP contribution in [-0.2, 0) is 11.3 Å². The van der Waals surface area contributed by atoms with Crippen molar-refractivity contribution in [2.75, 3.05) is 5.32 Å². The Balaban J connectivity index is 1.38. The van der Waals surface area contributed by atoms with Crippen LogP contribution in [0.25, 0.3) is 22.2 Å². The first-order chi connectivity index (χ1) is 13.8. The van der Waals surface area contributed by atoms with E-state index in [-0.39, 0.29) is 5.91 Å².